The first kappa shape index (κ1) is 26.1. The average molecular weight is 587 g/mol. The van der Waals surface area contributed by atoms with Crippen molar-refractivity contribution >= 4 is 61.0 Å². The Morgan fingerprint density at radius 1 is 1.00 bits per heavy atom. The fourth-order valence-corrected chi connectivity index (χ4v) is 3.57. The van der Waals surface area contributed by atoms with Crippen molar-refractivity contribution < 1.29 is 19.1 Å². The molecular weight excluding hydrogens is 562 g/mol. The van der Waals surface area contributed by atoms with Crippen LogP contribution in [0.4, 0.5) is 0 Å². The lowest BCUT2D eigenvalue weighted by molar-refractivity contribution is -0.123. The van der Waals surface area contributed by atoms with Crippen molar-refractivity contribution in [1.29, 1.82) is 0 Å². The normalized spacial score (nSPS) is 10.2. The van der Waals surface area contributed by atoms with Gasteiger partial charge in [0.05, 0.1) is 16.6 Å². The fourth-order valence-electron chi connectivity index (χ4n) is 2.52. The number of thiocarbonyl (C=S) groups is 1. The number of benzene rings is 2. The van der Waals surface area contributed by atoms with Gasteiger partial charge in [-0.2, -0.15) is 0 Å². The topological polar surface area (TPSA) is 88.7 Å². The van der Waals surface area contributed by atoms with Gasteiger partial charge in [0.15, 0.2) is 11.7 Å². The molecule has 172 valence electrons. The lowest BCUT2D eigenvalue weighted by Gasteiger charge is -2.14. The summed E-state index contributed by atoms with van der Waals surface area (Å²) < 4.78 is 12.7. The van der Waals surface area contributed by atoms with Crippen molar-refractivity contribution in [2.45, 2.75) is 33.1 Å². The zero-order chi connectivity index (χ0) is 23.5. The van der Waals surface area contributed by atoms with E-state index in [0.29, 0.717) is 23.7 Å². The molecule has 0 unspecified atom stereocenters. The maximum atomic E-state index is 12.6. The minimum Gasteiger partial charge on any atom is -0.493 e. The summed E-state index contributed by atoms with van der Waals surface area (Å²) in [5, 5.41) is 2.46. The fraction of sp³-hybridized carbons (Fsp3) is 0.318. The predicted octanol–water partition coefficient (Wildman–Crippen LogP) is 4.67. The molecule has 3 N–H and O–H groups in total. The Morgan fingerprint density at radius 2 is 1.75 bits per heavy atom. The van der Waals surface area contributed by atoms with Crippen LogP contribution in [0.3, 0.4) is 0 Å². The highest BCUT2D eigenvalue weighted by atomic mass is 79.9. The number of carbonyl (C=O) groups is 2. The molecule has 10 heteroatoms. The number of nitrogens with one attached hydrogen (secondary N) is 3. The molecular formula is C22H25Br2N3O4S. The number of hydrogen-bond donors (Lipinski definition) is 3. The summed E-state index contributed by atoms with van der Waals surface area (Å²) in [6.07, 6.45) is 2.76. The summed E-state index contributed by atoms with van der Waals surface area (Å²) in [5.41, 5.74) is 6.37. The highest BCUT2D eigenvalue weighted by Crippen LogP contribution is 2.26. The minimum absolute atomic E-state index is 0.0590. The van der Waals surface area contributed by atoms with E-state index in [1.807, 2.05) is 12.1 Å². The van der Waals surface area contributed by atoms with Gasteiger partial charge in [-0.15, -0.1) is 0 Å². The number of carbonyl (C=O) groups excluding carboxylic acids is 2. The van der Waals surface area contributed by atoms with E-state index in [9.17, 15) is 9.59 Å². The van der Waals surface area contributed by atoms with Gasteiger partial charge in [-0.3, -0.25) is 25.8 Å². The third-order valence-corrected chi connectivity index (χ3v) is 5.56. The molecule has 0 saturated carbocycles. The lowest BCUT2D eigenvalue weighted by Crippen LogP contribution is -2.49. The molecule has 0 aliphatic heterocycles. The second-order valence-electron chi connectivity index (χ2n) is 6.71. The van der Waals surface area contributed by atoms with Gasteiger partial charge in [-0.25, -0.2) is 0 Å². The first-order valence-electron chi connectivity index (χ1n) is 10.1. The number of halogens is 2. The molecule has 0 saturated heterocycles. The van der Waals surface area contributed by atoms with Crippen molar-refractivity contribution in [3.05, 3.63) is 56.5 Å². The van der Waals surface area contributed by atoms with E-state index in [4.69, 9.17) is 21.7 Å². The van der Waals surface area contributed by atoms with Crippen LogP contribution in [0.25, 0.3) is 0 Å². The molecule has 32 heavy (non-hydrogen) atoms. The molecule has 7 nitrogen and oxygen atoms in total. The summed E-state index contributed by atoms with van der Waals surface area (Å²) in [7, 11) is 0. The maximum Gasteiger partial charge on any atom is 0.276 e. The molecule has 0 fully saturated rings. The van der Waals surface area contributed by atoms with Gasteiger partial charge < -0.3 is 9.47 Å². The molecule has 0 heterocycles. The quantitative estimate of drug-likeness (QED) is 0.225. The SMILES string of the molecule is CCCCOc1ccc(Br)cc1C(=O)NC(=S)NNC(=O)COc1ccc(CC)cc1Br. The third kappa shape index (κ3) is 8.40. The molecule has 2 aromatic rings. The van der Waals surface area contributed by atoms with Crippen molar-refractivity contribution in [3.8, 4) is 11.5 Å². The Hall–Kier alpha value is -2.17. The third-order valence-electron chi connectivity index (χ3n) is 4.25. The number of aryl methyl sites for hydroxylation is 1. The summed E-state index contributed by atoms with van der Waals surface area (Å²) in [5.74, 6) is 0.0948. The van der Waals surface area contributed by atoms with E-state index in [1.165, 1.54) is 0 Å². The number of hydrogen-bond acceptors (Lipinski definition) is 5. The Balaban J connectivity index is 1.84. The highest BCUT2D eigenvalue weighted by Gasteiger charge is 2.15. The standard InChI is InChI=1S/C22H25Br2N3O4S/c1-3-5-10-30-18-9-7-15(23)12-16(18)21(29)25-22(32)27-26-20(28)13-31-19-8-6-14(4-2)11-17(19)24/h6-9,11-12H,3-5,10,13H2,1-2H3,(H,26,28)(H2,25,27,29,32). The lowest BCUT2D eigenvalue weighted by atomic mass is 10.2. The van der Waals surface area contributed by atoms with E-state index in [2.05, 4.69) is 61.9 Å². The Bertz CT molecular complexity index is 972. The monoisotopic (exact) mass is 585 g/mol. The Labute approximate surface area is 209 Å². The molecule has 0 bridgehead atoms. The second kappa shape index (κ2) is 13.4. The van der Waals surface area contributed by atoms with Crippen LogP contribution < -0.4 is 25.6 Å². The Morgan fingerprint density at radius 3 is 2.44 bits per heavy atom. The van der Waals surface area contributed by atoms with Crippen LogP contribution in [0, 0.1) is 0 Å². The van der Waals surface area contributed by atoms with Crippen LogP contribution in [-0.2, 0) is 11.2 Å². The molecule has 2 aromatic carbocycles. The van der Waals surface area contributed by atoms with Gasteiger partial charge in [0.25, 0.3) is 11.8 Å². The summed E-state index contributed by atoms with van der Waals surface area (Å²) >= 11 is 11.9. The van der Waals surface area contributed by atoms with Gasteiger partial charge >= 0.3 is 0 Å². The smallest absolute Gasteiger partial charge is 0.276 e. The van der Waals surface area contributed by atoms with Crippen LogP contribution in [0.1, 0.15) is 42.6 Å². The Kier molecular flexibility index (Phi) is 10.9. The first-order valence-corrected chi connectivity index (χ1v) is 12.1. The summed E-state index contributed by atoms with van der Waals surface area (Å²) in [6, 6.07) is 10.8. The number of ether oxygens (including phenoxy) is 2. The van der Waals surface area contributed by atoms with E-state index in [0.717, 1.165) is 33.8 Å². The van der Waals surface area contributed by atoms with Crippen molar-refractivity contribution in [1.82, 2.24) is 16.2 Å². The molecule has 2 amide bonds. The number of amides is 2. The number of rotatable bonds is 9. The van der Waals surface area contributed by atoms with Crippen molar-refractivity contribution in [2.75, 3.05) is 13.2 Å². The molecule has 0 aliphatic carbocycles. The van der Waals surface area contributed by atoms with Gasteiger partial charge in [0, 0.05) is 4.47 Å². The first-order chi connectivity index (χ1) is 15.3. The molecule has 0 radical (unpaired) electrons. The van der Waals surface area contributed by atoms with E-state index in [-0.39, 0.29) is 11.7 Å². The molecule has 0 aliphatic rings. The zero-order valence-corrected chi connectivity index (χ0v) is 21.8. The zero-order valence-electron chi connectivity index (χ0n) is 17.8. The largest absolute Gasteiger partial charge is 0.493 e. The van der Waals surface area contributed by atoms with Gasteiger partial charge in [-0.1, -0.05) is 42.3 Å². The van der Waals surface area contributed by atoms with Gasteiger partial charge in [0.1, 0.15) is 11.5 Å². The van der Waals surface area contributed by atoms with Crippen molar-refractivity contribution in [2.24, 2.45) is 0 Å². The van der Waals surface area contributed by atoms with E-state index < -0.39 is 11.8 Å². The molecule has 0 atom stereocenters. The second-order valence-corrected chi connectivity index (χ2v) is 8.88. The van der Waals surface area contributed by atoms with Crippen LogP contribution in [0.2, 0.25) is 0 Å². The minimum atomic E-state index is -0.459. The van der Waals surface area contributed by atoms with Gasteiger partial charge in [0.2, 0.25) is 0 Å². The van der Waals surface area contributed by atoms with E-state index in [1.54, 1.807) is 24.3 Å². The van der Waals surface area contributed by atoms with Crippen LogP contribution in [0.5, 0.6) is 11.5 Å². The molecule has 0 spiro atoms. The number of unbranched alkanes of at least 4 members (excludes halogenated alkanes) is 1. The van der Waals surface area contributed by atoms with Gasteiger partial charge in [-0.05, 0) is 76.9 Å². The van der Waals surface area contributed by atoms with Crippen LogP contribution in [0.15, 0.2) is 45.3 Å². The van der Waals surface area contributed by atoms with Crippen LogP contribution >= 0.6 is 44.1 Å². The predicted molar refractivity (Wildman–Crippen MR) is 135 cm³/mol. The maximum absolute atomic E-state index is 12.6. The molecule has 0 aromatic heterocycles. The number of hydrazine groups is 1. The average Bonchev–Trinajstić information content (AvgIpc) is 2.77. The van der Waals surface area contributed by atoms with E-state index >= 15 is 0 Å². The summed E-state index contributed by atoms with van der Waals surface area (Å²) in [6.45, 7) is 4.39. The highest BCUT2D eigenvalue weighted by molar-refractivity contribution is 9.10. The van der Waals surface area contributed by atoms with Crippen molar-refractivity contribution in [3.63, 3.8) is 0 Å². The van der Waals surface area contributed by atoms with Crippen LogP contribution in [-0.4, -0.2) is 30.1 Å². The summed E-state index contributed by atoms with van der Waals surface area (Å²) in [4.78, 5) is 24.7. The molecule has 2 rings (SSSR count).